The molecule has 0 bridgehead atoms. The Kier molecular flexibility index (Phi) is 10.4. The summed E-state index contributed by atoms with van der Waals surface area (Å²) in [6.45, 7) is 34.6. The van der Waals surface area contributed by atoms with Gasteiger partial charge < -0.3 is 14.7 Å². The standard InChI is InChI=1S/C60H66BN3/c1-37-19-16-20-38(2)55(37)62(46-29-25-43(26-30-46)58(7,8)9)47-35-52-54-53(36-47)64(57-41(5)23-18-24-42(57)6)51-32-28-45(60(13,14)15)34-49(51)61(54)48-33-44(59(10,11)12)27-31-50(48)63(52)56-39(3)21-17-22-40(56)4/h16-36H,1-15H3. The van der Waals surface area contributed by atoms with Gasteiger partial charge >= 0.3 is 0 Å². The van der Waals surface area contributed by atoms with Crippen molar-refractivity contribution >= 4 is 74.3 Å². The van der Waals surface area contributed by atoms with Crippen LogP contribution in [0.4, 0.5) is 51.2 Å². The second kappa shape index (κ2) is 15.3. The average molecular weight is 840 g/mol. The molecule has 2 aliphatic heterocycles. The summed E-state index contributed by atoms with van der Waals surface area (Å²) < 4.78 is 0. The molecular formula is C60H66BN3. The van der Waals surface area contributed by atoms with Crippen molar-refractivity contribution in [2.75, 3.05) is 14.7 Å². The van der Waals surface area contributed by atoms with E-state index < -0.39 is 0 Å². The Morgan fingerprint density at radius 1 is 0.375 bits per heavy atom. The fourth-order valence-electron chi connectivity index (χ4n) is 10.5. The van der Waals surface area contributed by atoms with Gasteiger partial charge in [-0.05, 0) is 161 Å². The monoisotopic (exact) mass is 840 g/mol. The molecule has 0 amide bonds. The summed E-state index contributed by atoms with van der Waals surface area (Å²) in [5.74, 6) is 0. The molecule has 0 atom stereocenters. The van der Waals surface area contributed by atoms with Crippen molar-refractivity contribution < 1.29 is 0 Å². The van der Waals surface area contributed by atoms with E-state index in [2.05, 4.69) is 246 Å². The highest BCUT2D eigenvalue weighted by molar-refractivity contribution is 7.00. The molecule has 7 aromatic rings. The number of aryl methyl sites for hydroxylation is 6. The summed E-state index contributed by atoms with van der Waals surface area (Å²) in [5.41, 5.74) is 26.4. The smallest absolute Gasteiger partial charge is 0.252 e. The number of hydrogen-bond donors (Lipinski definition) is 0. The highest BCUT2D eigenvalue weighted by Gasteiger charge is 2.45. The number of nitrogens with zero attached hydrogens (tertiary/aromatic N) is 3. The lowest BCUT2D eigenvalue weighted by Gasteiger charge is -2.46. The van der Waals surface area contributed by atoms with E-state index in [9.17, 15) is 0 Å². The van der Waals surface area contributed by atoms with E-state index in [1.54, 1.807) is 0 Å². The Bertz CT molecular complexity index is 2770. The van der Waals surface area contributed by atoms with Crippen LogP contribution in [0.15, 0.2) is 127 Å². The lowest BCUT2D eigenvalue weighted by molar-refractivity contribution is 0.590. The summed E-state index contributed by atoms with van der Waals surface area (Å²) >= 11 is 0. The van der Waals surface area contributed by atoms with Crippen LogP contribution in [0, 0.1) is 41.5 Å². The van der Waals surface area contributed by atoms with Crippen LogP contribution in [0.25, 0.3) is 0 Å². The van der Waals surface area contributed by atoms with Crippen molar-refractivity contribution in [2.24, 2.45) is 0 Å². The van der Waals surface area contributed by atoms with Gasteiger partial charge in [0.1, 0.15) is 0 Å². The van der Waals surface area contributed by atoms with Crippen LogP contribution in [0.1, 0.15) is 112 Å². The Hall–Kier alpha value is -6.00. The first kappa shape index (κ1) is 43.3. The number of rotatable bonds is 5. The maximum Gasteiger partial charge on any atom is 0.252 e. The Balaban J connectivity index is 1.48. The van der Waals surface area contributed by atoms with Gasteiger partial charge in [-0.15, -0.1) is 0 Å². The van der Waals surface area contributed by atoms with Gasteiger partial charge in [-0.1, -0.05) is 153 Å². The zero-order valence-corrected chi connectivity index (χ0v) is 41.0. The molecule has 2 aliphatic rings. The minimum absolute atomic E-state index is 0.00508. The SMILES string of the molecule is Cc1cccc(C)c1N(c1ccc(C(C)(C)C)cc1)c1cc2c3c(c1)N(c1c(C)cccc1C)c1ccc(C(C)(C)C)cc1B3c1cc(C(C)(C)C)ccc1N2c1c(C)cccc1C. The molecule has 0 unspecified atom stereocenters. The van der Waals surface area contributed by atoms with Crippen LogP contribution >= 0.6 is 0 Å². The molecule has 0 saturated heterocycles. The summed E-state index contributed by atoms with van der Waals surface area (Å²) in [7, 11) is 0. The molecule has 324 valence electrons. The van der Waals surface area contributed by atoms with E-state index in [0.29, 0.717) is 0 Å². The van der Waals surface area contributed by atoms with Crippen molar-refractivity contribution in [3.63, 3.8) is 0 Å². The number of fused-ring (bicyclic) bond motifs is 4. The van der Waals surface area contributed by atoms with Crippen LogP contribution in [-0.4, -0.2) is 6.71 Å². The summed E-state index contributed by atoms with van der Waals surface area (Å²) in [5, 5.41) is 0. The molecule has 3 nitrogen and oxygen atoms in total. The molecule has 0 N–H and O–H groups in total. The van der Waals surface area contributed by atoms with Crippen molar-refractivity contribution in [3.8, 4) is 0 Å². The average Bonchev–Trinajstić information content (AvgIpc) is 3.22. The van der Waals surface area contributed by atoms with Gasteiger partial charge in [0.2, 0.25) is 0 Å². The highest BCUT2D eigenvalue weighted by atomic mass is 15.2. The van der Waals surface area contributed by atoms with Crippen molar-refractivity contribution in [3.05, 3.63) is 177 Å². The zero-order chi connectivity index (χ0) is 45.8. The topological polar surface area (TPSA) is 9.72 Å². The van der Waals surface area contributed by atoms with Crippen LogP contribution in [0.5, 0.6) is 0 Å². The van der Waals surface area contributed by atoms with E-state index in [1.807, 2.05) is 0 Å². The Morgan fingerprint density at radius 2 is 0.734 bits per heavy atom. The summed E-state index contributed by atoms with van der Waals surface area (Å²) in [6, 6.07) is 49.3. The first-order valence-corrected chi connectivity index (χ1v) is 23.3. The largest absolute Gasteiger partial charge is 0.311 e. The van der Waals surface area contributed by atoms with Gasteiger partial charge in [0.05, 0.1) is 22.7 Å². The molecule has 64 heavy (non-hydrogen) atoms. The first-order chi connectivity index (χ1) is 30.1. The first-order valence-electron chi connectivity index (χ1n) is 23.3. The third-order valence-electron chi connectivity index (χ3n) is 14.0. The van der Waals surface area contributed by atoms with E-state index in [-0.39, 0.29) is 23.0 Å². The lowest BCUT2D eigenvalue weighted by Crippen LogP contribution is -2.62. The molecule has 9 rings (SSSR count). The van der Waals surface area contributed by atoms with E-state index in [4.69, 9.17) is 0 Å². The minimum atomic E-state index is -0.0328. The molecule has 2 heterocycles. The summed E-state index contributed by atoms with van der Waals surface area (Å²) in [6.07, 6.45) is 0. The van der Waals surface area contributed by atoms with Crippen molar-refractivity contribution in [1.82, 2.24) is 0 Å². The molecule has 7 aromatic carbocycles. The predicted molar refractivity (Wildman–Crippen MR) is 280 cm³/mol. The highest BCUT2D eigenvalue weighted by Crippen LogP contribution is 2.51. The van der Waals surface area contributed by atoms with Crippen LogP contribution in [-0.2, 0) is 16.2 Å². The molecule has 0 radical (unpaired) electrons. The minimum Gasteiger partial charge on any atom is -0.311 e. The Labute approximate surface area is 384 Å². The van der Waals surface area contributed by atoms with E-state index in [1.165, 1.54) is 106 Å². The Morgan fingerprint density at radius 3 is 1.11 bits per heavy atom. The van der Waals surface area contributed by atoms with E-state index >= 15 is 0 Å². The number of hydrogen-bond acceptors (Lipinski definition) is 3. The number of para-hydroxylation sites is 3. The maximum atomic E-state index is 2.62. The van der Waals surface area contributed by atoms with Gasteiger partial charge in [-0.2, -0.15) is 0 Å². The van der Waals surface area contributed by atoms with Crippen molar-refractivity contribution in [2.45, 2.75) is 120 Å². The third kappa shape index (κ3) is 7.14. The van der Waals surface area contributed by atoms with Gasteiger partial charge in [-0.25, -0.2) is 0 Å². The fourth-order valence-corrected chi connectivity index (χ4v) is 10.5. The van der Waals surface area contributed by atoms with Gasteiger partial charge in [-0.3, -0.25) is 0 Å². The second-order valence-electron chi connectivity index (χ2n) is 21.9. The van der Waals surface area contributed by atoms with Crippen LogP contribution < -0.4 is 31.1 Å². The van der Waals surface area contributed by atoms with Gasteiger partial charge in [0.15, 0.2) is 0 Å². The molecule has 4 heteroatoms. The molecule has 0 aliphatic carbocycles. The number of benzene rings is 7. The normalized spacial score (nSPS) is 13.5. The third-order valence-corrected chi connectivity index (χ3v) is 14.0. The quantitative estimate of drug-likeness (QED) is 0.160. The van der Waals surface area contributed by atoms with Crippen molar-refractivity contribution in [1.29, 1.82) is 0 Å². The van der Waals surface area contributed by atoms with Crippen LogP contribution in [0.3, 0.4) is 0 Å². The number of anilines is 9. The molecule has 0 saturated carbocycles. The maximum absolute atomic E-state index is 2.62. The van der Waals surface area contributed by atoms with Gasteiger partial charge in [0, 0.05) is 28.4 Å². The van der Waals surface area contributed by atoms with Gasteiger partial charge in [0.25, 0.3) is 6.71 Å². The molecular weight excluding hydrogens is 773 g/mol. The zero-order valence-electron chi connectivity index (χ0n) is 41.0. The van der Waals surface area contributed by atoms with E-state index in [0.717, 1.165) is 11.4 Å². The van der Waals surface area contributed by atoms with Crippen LogP contribution in [0.2, 0.25) is 0 Å². The summed E-state index contributed by atoms with van der Waals surface area (Å²) in [4.78, 5) is 7.78. The second-order valence-corrected chi connectivity index (χ2v) is 21.9. The lowest BCUT2D eigenvalue weighted by atomic mass is 9.33. The molecule has 0 aromatic heterocycles. The molecule has 0 spiro atoms. The predicted octanol–water partition coefficient (Wildman–Crippen LogP) is 15.0. The molecule has 0 fully saturated rings. The fraction of sp³-hybridized carbons (Fsp3) is 0.300.